The molecule has 104 valence electrons. The molecule has 0 aromatic carbocycles. The van der Waals surface area contributed by atoms with E-state index < -0.39 is 11.9 Å². The molecule has 4 atom stereocenters. The third-order valence-electron chi connectivity index (χ3n) is 3.86. The summed E-state index contributed by atoms with van der Waals surface area (Å²) >= 11 is 0. The maximum Gasteiger partial charge on any atom is 0.308 e. The average molecular weight is 256 g/mol. The lowest BCUT2D eigenvalue weighted by Crippen LogP contribution is -2.47. The molecule has 0 aromatic rings. The molecule has 4 N–H and O–H groups in total. The molecule has 0 spiro atoms. The Morgan fingerprint density at radius 3 is 2.39 bits per heavy atom. The zero-order chi connectivity index (χ0) is 13.7. The van der Waals surface area contributed by atoms with Gasteiger partial charge in [-0.25, -0.2) is 0 Å². The molecule has 1 rings (SSSR count). The van der Waals surface area contributed by atoms with Gasteiger partial charge in [-0.05, 0) is 19.8 Å². The van der Waals surface area contributed by atoms with E-state index in [1.165, 1.54) is 0 Å². The zero-order valence-electron chi connectivity index (χ0n) is 11.2. The topological polar surface area (TPSA) is 92.4 Å². The molecular formula is C13H24N2O3. The summed E-state index contributed by atoms with van der Waals surface area (Å²) in [5.74, 6) is -1.70. The Morgan fingerprint density at radius 2 is 1.83 bits per heavy atom. The molecule has 1 aliphatic rings. The number of aliphatic carboxylic acids is 1. The number of hydrogen-bond donors (Lipinski definition) is 3. The van der Waals surface area contributed by atoms with E-state index in [9.17, 15) is 14.7 Å². The Labute approximate surface area is 108 Å². The monoisotopic (exact) mass is 256 g/mol. The predicted molar refractivity (Wildman–Crippen MR) is 69.0 cm³/mol. The number of carbonyl (C=O) groups excluding carboxylic acids is 1. The van der Waals surface area contributed by atoms with Gasteiger partial charge in [0.25, 0.3) is 0 Å². The van der Waals surface area contributed by atoms with Crippen molar-refractivity contribution in [3.8, 4) is 0 Å². The quantitative estimate of drug-likeness (QED) is 0.657. The molecule has 0 aliphatic heterocycles. The minimum Gasteiger partial charge on any atom is -0.481 e. The average Bonchev–Trinajstić information content (AvgIpc) is 2.53. The van der Waals surface area contributed by atoms with Gasteiger partial charge in [0, 0.05) is 18.0 Å². The van der Waals surface area contributed by atoms with E-state index in [-0.39, 0.29) is 23.9 Å². The van der Waals surface area contributed by atoms with Gasteiger partial charge in [0.2, 0.25) is 5.91 Å². The summed E-state index contributed by atoms with van der Waals surface area (Å²) in [6.07, 6.45) is 4.33. The van der Waals surface area contributed by atoms with Gasteiger partial charge in [0.1, 0.15) is 0 Å². The number of carboxylic acid groups (broad SMARTS) is 1. The summed E-state index contributed by atoms with van der Waals surface area (Å²) in [6, 6.07) is -0.474. The van der Waals surface area contributed by atoms with Crippen molar-refractivity contribution in [1.82, 2.24) is 5.32 Å². The first kappa shape index (κ1) is 15.0. The summed E-state index contributed by atoms with van der Waals surface area (Å²) in [6.45, 7) is 3.55. The Balaban J connectivity index is 2.66. The van der Waals surface area contributed by atoms with E-state index in [0.29, 0.717) is 6.42 Å². The van der Waals surface area contributed by atoms with Crippen molar-refractivity contribution in [3.63, 3.8) is 0 Å². The van der Waals surface area contributed by atoms with Crippen LogP contribution in [0.15, 0.2) is 0 Å². The van der Waals surface area contributed by atoms with Gasteiger partial charge in [0.05, 0.1) is 5.92 Å². The highest BCUT2D eigenvalue weighted by molar-refractivity contribution is 5.80. The van der Waals surface area contributed by atoms with Crippen molar-refractivity contribution in [2.24, 2.45) is 17.6 Å². The number of nitrogens with two attached hydrogens (primary N) is 1. The third kappa shape index (κ3) is 3.98. The largest absolute Gasteiger partial charge is 0.481 e. The van der Waals surface area contributed by atoms with E-state index in [1.807, 2.05) is 0 Å². The van der Waals surface area contributed by atoms with Crippen LogP contribution in [0.3, 0.4) is 0 Å². The lowest BCUT2D eigenvalue weighted by Gasteiger charge is -2.25. The predicted octanol–water partition coefficient (Wildman–Crippen LogP) is 1.12. The van der Waals surface area contributed by atoms with Gasteiger partial charge in [-0.3, -0.25) is 9.59 Å². The molecule has 0 bridgehead atoms. The van der Waals surface area contributed by atoms with Crippen molar-refractivity contribution in [2.45, 2.75) is 58.0 Å². The summed E-state index contributed by atoms with van der Waals surface area (Å²) in [5.41, 5.74) is 5.69. The van der Waals surface area contributed by atoms with Crippen molar-refractivity contribution in [1.29, 1.82) is 0 Å². The second-order valence-corrected chi connectivity index (χ2v) is 5.35. The van der Waals surface area contributed by atoms with Crippen LogP contribution in [0.1, 0.15) is 46.0 Å². The van der Waals surface area contributed by atoms with Crippen molar-refractivity contribution in [2.75, 3.05) is 0 Å². The van der Waals surface area contributed by atoms with E-state index in [2.05, 4.69) is 5.32 Å². The summed E-state index contributed by atoms with van der Waals surface area (Å²) < 4.78 is 0. The maximum absolute atomic E-state index is 11.9. The first-order chi connectivity index (χ1) is 8.43. The number of amides is 1. The van der Waals surface area contributed by atoms with Crippen LogP contribution in [-0.2, 0) is 9.59 Å². The highest BCUT2D eigenvalue weighted by Crippen LogP contribution is 2.24. The third-order valence-corrected chi connectivity index (χ3v) is 3.86. The van der Waals surface area contributed by atoms with Crippen LogP contribution in [0.25, 0.3) is 0 Å². The van der Waals surface area contributed by atoms with Gasteiger partial charge in [-0.1, -0.05) is 26.2 Å². The smallest absolute Gasteiger partial charge is 0.308 e. The second kappa shape index (κ2) is 6.73. The van der Waals surface area contributed by atoms with Crippen LogP contribution in [0, 0.1) is 11.8 Å². The highest BCUT2D eigenvalue weighted by Gasteiger charge is 2.31. The lowest BCUT2D eigenvalue weighted by molar-refractivity contribution is -0.143. The van der Waals surface area contributed by atoms with Crippen molar-refractivity contribution in [3.05, 3.63) is 0 Å². The Bertz CT molecular complexity index is 305. The fourth-order valence-corrected chi connectivity index (χ4v) is 2.33. The van der Waals surface area contributed by atoms with Crippen molar-refractivity contribution < 1.29 is 14.7 Å². The van der Waals surface area contributed by atoms with Gasteiger partial charge in [-0.15, -0.1) is 0 Å². The zero-order valence-corrected chi connectivity index (χ0v) is 11.2. The van der Waals surface area contributed by atoms with Crippen LogP contribution >= 0.6 is 0 Å². The van der Waals surface area contributed by atoms with Crippen molar-refractivity contribution >= 4 is 11.9 Å². The van der Waals surface area contributed by atoms with E-state index in [0.717, 1.165) is 25.7 Å². The molecule has 1 amide bonds. The maximum atomic E-state index is 11.9. The molecular weight excluding hydrogens is 232 g/mol. The minimum atomic E-state index is -0.810. The molecule has 0 aromatic heterocycles. The first-order valence-corrected chi connectivity index (χ1v) is 6.72. The van der Waals surface area contributed by atoms with Crippen LogP contribution < -0.4 is 11.1 Å². The van der Waals surface area contributed by atoms with Crippen LogP contribution in [-0.4, -0.2) is 29.1 Å². The summed E-state index contributed by atoms with van der Waals surface area (Å²) in [4.78, 5) is 23.2. The summed E-state index contributed by atoms with van der Waals surface area (Å²) in [7, 11) is 0. The molecule has 1 aliphatic carbocycles. The number of carbonyl (C=O) groups is 2. The molecule has 5 heteroatoms. The fourth-order valence-electron chi connectivity index (χ4n) is 2.33. The highest BCUT2D eigenvalue weighted by atomic mass is 16.4. The van der Waals surface area contributed by atoms with Gasteiger partial charge >= 0.3 is 5.97 Å². The normalized spacial score (nSPS) is 27.9. The molecule has 0 saturated heterocycles. The van der Waals surface area contributed by atoms with E-state index in [4.69, 9.17) is 5.73 Å². The Hall–Kier alpha value is -1.10. The summed E-state index contributed by atoms with van der Waals surface area (Å²) in [5, 5.41) is 12.1. The molecule has 4 unspecified atom stereocenters. The first-order valence-electron chi connectivity index (χ1n) is 6.72. The second-order valence-electron chi connectivity index (χ2n) is 5.35. The van der Waals surface area contributed by atoms with Gasteiger partial charge in [-0.2, -0.15) is 0 Å². The number of hydrogen-bond acceptors (Lipinski definition) is 3. The van der Waals surface area contributed by atoms with Crippen LogP contribution in [0.5, 0.6) is 0 Å². The molecule has 1 fully saturated rings. The molecule has 5 nitrogen and oxygen atoms in total. The molecule has 18 heavy (non-hydrogen) atoms. The minimum absolute atomic E-state index is 0.136. The van der Waals surface area contributed by atoms with Gasteiger partial charge < -0.3 is 16.2 Å². The van der Waals surface area contributed by atoms with Gasteiger partial charge in [0.15, 0.2) is 0 Å². The number of rotatable bonds is 4. The number of nitrogens with one attached hydrogen (secondary N) is 1. The van der Waals surface area contributed by atoms with Crippen LogP contribution in [0.2, 0.25) is 0 Å². The Kier molecular flexibility index (Phi) is 5.59. The van der Waals surface area contributed by atoms with E-state index >= 15 is 0 Å². The van der Waals surface area contributed by atoms with E-state index in [1.54, 1.807) is 13.8 Å². The molecule has 1 saturated carbocycles. The fraction of sp³-hybridized carbons (Fsp3) is 0.846. The Morgan fingerprint density at radius 1 is 1.22 bits per heavy atom. The number of carboxylic acids is 1. The SMILES string of the molecule is CC(N)C(C)C(=O)NC1CCCCCC1C(=O)O. The molecule has 0 radical (unpaired) electrons. The standard InChI is InChI=1S/C13H24N2O3/c1-8(9(2)14)12(16)15-11-7-5-3-4-6-10(11)13(17)18/h8-11H,3-7,14H2,1-2H3,(H,15,16)(H,17,18). The lowest BCUT2D eigenvalue weighted by atomic mass is 9.93. The molecule has 0 heterocycles. The van der Waals surface area contributed by atoms with Crippen LogP contribution in [0.4, 0.5) is 0 Å².